The lowest BCUT2D eigenvalue weighted by atomic mass is 9.83. The van der Waals surface area contributed by atoms with Gasteiger partial charge in [-0.1, -0.05) is 16.8 Å². The van der Waals surface area contributed by atoms with E-state index in [0.717, 1.165) is 94.0 Å². The maximum absolute atomic E-state index is 12.7. The lowest BCUT2D eigenvalue weighted by Gasteiger charge is -2.36. The molecule has 0 bridgehead atoms. The van der Waals surface area contributed by atoms with Crippen LogP contribution in [0.4, 0.5) is 5.82 Å². The lowest BCUT2D eigenvalue weighted by molar-refractivity contribution is -0.123. The second kappa shape index (κ2) is 13.0. The van der Waals surface area contributed by atoms with E-state index < -0.39 is 0 Å². The first-order chi connectivity index (χ1) is 18.4. The Morgan fingerprint density at radius 1 is 1.05 bits per heavy atom. The predicted octanol–water partition coefficient (Wildman–Crippen LogP) is 6.04. The average molecular weight is 545 g/mol. The van der Waals surface area contributed by atoms with Crippen LogP contribution in [0.2, 0.25) is 5.02 Å². The molecule has 2 saturated carbocycles. The van der Waals surface area contributed by atoms with Gasteiger partial charge in [0.05, 0.1) is 17.6 Å². The molecule has 8 heteroatoms. The molecule has 7 nitrogen and oxygen atoms in total. The van der Waals surface area contributed by atoms with E-state index in [-0.39, 0.29) is 5.91 Å². The number of carbonyl (C=O) groups is 1. The number of halogens is 1. The van der Waals surface area contributed by atoms with Crippen molar-refractivity contribution in [1.29, 1.82) is 0 Å². The van der Waals surface area contributed by atoms with Crippen molar-refractivity contribution >= 4 is 34.3 Å². The third kappa shape index (κ3) is 7.42. The summed E-state index contributed by atoms with van der Waals surface area (Å²) in [5, 5.41) is 9.39. The molecule has 5 rings (SSSR count). The maximum Gasteiger partial charge on any atom is 0.220 e. The summed E-state index contributed by atoms with van der Waals surface area (Å²) in [4.78, 5) is 17.6. The number of ether oxygens (including phenoxy) is 1. The first kappa shape index (κ1) is 27.7. The van der Waals surface area contributed by atoms with E-state index in [9.17, 15) is 4.79 Å². The zero-order valence-electron chi connectivity index (χ0n) is 23.2. The number of anilines is 1. The SMILES string of the molecule is CC(C)OC1CCC(CC(=O)NC2CCC(CCN3CCN(c4noc5cc(Cl)ccc45)CC3)CC2)CC1. The minimum atomic E-state index is 0.266. The number of rotatable bonds is 9. The van der Waals surface area contributed by atoms with Crippen molar-refractivity contribution in [3.05, 3.63) is 23.2 Å². The highest BCUT2D eigenvalue weighted by atomic mass is 35.5. The van der Waals surface area contributed by atoms with Gasteiger partial charge in [-0.15, -0.1) is 0 Å². The van der Waals surface area contributed by atoms with Gasteiger partial charge in [-0.05, 0) is 102 Å². The van der Waals surface area contributed by atoms with Crippen molar-refractivity contribution in [1.82, 2.24) is 15.4 Å². The van der Waals surface area contributed by atoms with E-state index in [4.69, 9.17) is 20.9 Å². The Bertz CT molecular complexity index is 1040. The van der Waals surface area contributed by atoms with E-state index in [2.05, 4.69) is 34.1 Å². The summed E-state index contributed by atoms with van der Waals surface area (Å²) in [5.74, 6) is 2.51. The highest BCUT2D eigenvalue weighted by Crippen LogP contribution is 2.32. The zero-order chi connectivity index (χ0) is 26.5. The fourth-order valence-corrected chi connectivity index (χ4v) is 6.84. The van der Waals surface area contributed by atoms with Crippen LogP contribution in [0.15, 0.2) is 22.7 Å². The van der Waals surface area contributed by atoms with Gasteiger partial charge in [0, 0.05) is 49.7 Å². The van der Waals surface area contributed by atoms with Crippen LogP contribution in [0, 0.1) is 11.8 Å². The van der Waals surface area contributed by atoms with Crippen LogP contribution >= 0.6 is 11.6 Å². The van der Waals surface area contributed by atoms with E-state index in [1.54, 1.807) is 0 Å². The molecule has 2 heterocycles. The van der Waals surface area contributed by atoms with Crippen molar-refractivity contribution in [2.45, 2.75) is 96.3 Å². The predicted molar refractivity (Wildman–Crippen MR) is 153 cm³/mol. The molecule has 1 saturated heterocycles. The maximum atomic E-state index is 12.7. The van der Waals surface area contributed by atoms with E-state index in [1.807, 2.05) is 18.2 Å². The van der Waals surface area contributed by atoms with Crippen LogP contribution in [-0.4, -0.2) is 66.9 Å². The minimum Gasteiger partial charge on any atom is -0.376 e. The molecular weight excluding hydrogens is 500 g/mol. The Labute approximate surface area is 232 Å². The van der Waals surface area contributed by atoms with E-state index in [1.165, 1.54) is 19.3 Å². The Morgan fingerprint density at radius 2 is 1.76 bits per heavy atom. The highest BCUT2D eigenvalue weighted by Gasteiger charge is 2.27. The van der Waals surface area contributed by atoms with Gasteiger partial charge in [-0.25, -0.2) is 0 Å². The lowest BCUT2D eigenvalue weighted by Crippen LogP contribution is -2.47. The largest absolute Gasteiger partial charge is 0.376 e. The third-order valence-corrected chi connectivity index (χ3v) is 9.12. The topological polar surface area (TPSA) is 70.8 Å². The number of hydrogen-bond donors (Lipinski definition) is 1. The minimum absolute atomic E-state index is 0.266. The van der Waals surface area contributed by atoms with E-state index >= 15 is 0 Å². The van der Waals surface area contributed by atoms with Gasteiger partial charge in [0.25, 0.3) is 0 Å². The molecule has 3 fully saturated rings. The number of nitrogens with zero attached hydrogens (tertiary/aromatic N) is 3. The molecule has 0 spiro atoms. The molecule has 2 aliphatic carbocycles. The molecule has 0 atom stereocenters. The monoisotopic (exact) mass is 544 g/mol. The van der Waals surface area contributed by atoms with Crippen molar-refractivity contribution in [2.24, 2.45) is 11.8 Å². The Balaban J connectivity index is 0.956. The van der Waals surface area contributed by atoms with Crippen molar-refractivity contribution < 1.29 is 14.1 Å². The van der Waals surface area contributed by atoms with Crippen molar-refractivity contribution in [3.8, 4) is 0 Å². The molecule has 3 aliphatic rings. The third-order valence-electron chi connectivity index (χ3n) is 8.88. The molecule has 1 amide bonds. The smallest absolute Gasteiger partial charge is 0.220 e. The second-order valence-electron chi connectivity index (χ2n) is 12.1. The van der Waals surface area contributed by atoms with Crippen LogP contribution in [0.3, 0.4) is 0 Å². The quantitative estimate of drug-likeness (QED) is 0.415. The molecule has 1 aliphatic heterocycles. The summed E-state index contributed by atoms with van der Waals surface area (Å²) in [6.07, 6.45) is 11.8. The summed E-state index contributed by atoms with van der Waals surface area (Å²) in [6.45, 7) is 9.42. The van der Waals surface area contributed by atoms with Gasteiger partial charge < -0.3 is 19.5 Å². The zero-order valence-corrected chi connectivity index (χ0v) is 23.9. The van der Waals surface area contributed by atoms with E-state index in [0.29, 0.717) is 35.6 Å². The Hall–Kier alpha value is -1.83. The van der Waals surface area contributed by atoms with Crippen LogP contribution < -0.4 is 10.2 Å². The van der Waals surface area contributed by atoms with Crippen LogP contribution in [0.25, 0.3) is 11.0 Å². The molecular formula is C30H45ClN4O3. The van der Waals surface area contributed by atoms with Crippen molar-refractivity contribution in [2.75, 3.05) is 37.6 Å². The summed E-state index contributed by atoms with van der Waals surface area (Å²) in [6, 6.07) is 6.10. The van der Waals surface area contributed by atoms with Gasteiger partial charge in [0.15, 0.2) is 11.4 Å². The summed E-state index contributed by atoms with van der Waals surface area (Å²) >= 11 is 6.08. The number of hydrogen-bond acceptors (Lipinski definition) is 6. The van der Waals surface area contributed by atoms with Crippen LogP contribution in [0.5, 0.6) is 0 Å². The number of nitrogens with one attached hydrogen (secondary N) is 1. The second-order valence-corrected chi connectivity index (χ2v) is 12.5. The molecule has 1 aromatic heterocycles. The fourth-order valence-electron chi connectivity index (χ4n) is 6.68. The van der Waals surface area contributed by atoms with Crippen LogP contribution in [-0.2, 0) is 9.53 Å². The number of aromatic nitrogens is 1. The van der Waals surface area contributed by atoms with Gasteiger partial charge in [-0.3, -0.25) is 9.69 Å². The normalized spacial score (nSPS) is 27.2. The molecule has 1 N–H and O–H groups in total. The number of amides is 1. The molecule has 38 heavy (non-hydrogen) atoms. The average Bonchev–Trinajstić information content (AvgIpc) is 3.32. The Kier molecular flexibility index (Phi) is 9.50. The summed E-state index contributed by atoms with van der Waals surface area (Å²) in [7, 11) is 0. The highest BCUT2D eigenvalue weighted by molar-refractivity contribution is 6.31. The molecule has 1 aromatic carbocycles. The van der Waals surface area contributed by atoms with Gasteiger partial charge >= 0.3 is 0 Å². The summed E-state index contributed by atoms with van der Waals surface area (Å²) < 4.78 is 11.5. The first-order valence-electron chi connectivity index (χ1n) is 14.9. The number of fused-ring (bicyclic) bond motifs is 1. The molecule has 2 aromatic rings. The molecule has 0 radical (unpaired) electrons. The first-order valence-corrected chi connectivity index (χ1v) is 15.3. The molecule has 0 unspecified atom stereocenters. The fraction of sp³-hybridized carbons (Fsp3) is 0.733. The number of benzene rings is 1. The van der Waals surface area contributed by atoms with Crippen molar-refractivity contribution in [3.63, 3.8) is 0 Å². The van der Waals surface area contributed by atoms with Gasteiger partial charge in [0.2, 0.25) is 5.91 Å². The summed E-state index contributed by atoms with van der Waals surface area (Å²) in [5.41, 5.74) is 0.751. The van der Waals surface area contributed by atoms with Gasteiger partial charge in [-0.2, -0.15) is 0 Å². The number of piperazine rings is 1. The molecule has 210 valence electrons. The van der Waals surface area contributed by atoms with Crippen LogP contribution in [0.1, 0.15) is 78.1 Å². The van der Waals surface area contributed by atoms with Gasteiger partial charge in [0.1, 0.15) is 0 Å². The standard InChI is InChI=1S/C30H45ClN4O3/c1-21(2)37-26-10-5-23(6-11-26)19-29(36)32-25-8-3-22(4-9-25)13-14-34-15-17-35(18-16-34)30-27-12-7-24(31)20-28(27)38-33-30/h7,12,20-23,25-26H,3-6,8-11,13-19H2,1-2H3,(H,32,36). The Morgan fingerprint density at radius 3 is 2.47 bits per heavy atom. The number of carbonyl (C=O) groups excluding carboxylic acids is 1.